The van der Waals surface area contributed by atoms with Gasteiger partial charge in [-0.05, 0) is 24.3 Å². The summed E-state index contributed by atoms with van der Waals surface area (Å²) in [5.74, 6) is -0.838. The van der Waals surface area contributed by atoms with Crippen LogP contribution in [-0.4, -0.2) is 21.8 Å². The van der Waals surface area contributed by atoms with Gasteiger partial charge < -0.3 is 11.5 Å². The molecule has 2 rings (SSSR count). The molecule has 2 heterocycles. The zero-order valence-corrected chi connectivity index (χ0v) is 9.48. The van der Waals surface area contributed by atoms with Gasteiger partial charge in [0, 0.05) is 35.9 Å². The maximum Gasteiger partial charge on any atom is 0.248 e. The van der Waals surface area contributed by atoms with Crippen molar-refractivity contribution in [2.75, 3.05) is 0 Å². The van der Waals surface area contributed by atoms with Gasteiger partial charge in [0.05, 0.1) is 0 Å². The van der Waals surface area contributed by atoms with Crippen molar-refractivity contribution in [3.8, 4) is 0 Å². The van der Waals surface area contributed by atoms with Crippen molar-refractivity contribution in [1.82, 2.24) is 9.97 Å². The summed E-state index contributed by atoms with van der Waals surface area (Å²) in [6.07, 6.45) is 6.11. The lowest BCUT2D eigenvalue weighted by atomic mass is 10.3. The van der Waals surface area contributed by atoms with Crippen LogP contribution in [0.3, 0.4) is 0 Å². The minimum atomic E-state index is -0.419. The average Bonchev–Trinajstić information content (AvgIpc) is 2.41. The van der Waals surface area contributed by atoms with Gasteiger partial charge in [-0.15, -0.1) is 0 Å². The first-order valence-electron chi connectivity index (χ1n) is 5.01. The normalized spacial score (nSPS) is 8.89. The predicted molar refractivity (Wildman–Crippen MR) is 65.5 cm³/mol. The second-order valence-corrected chi connectivity index (χ2v) is 3.20. The Morgan fingerprint density at radius 1 is 0.722 bits per heavy atom. The second kappa shape index (κ2) is 6.74. The van der Waals surface area contributed by atoms with E-state index in [1.165, 1.54) is 24.8 Å². The topological polar surface area (TPSA) is 112 Å². The molecule has 4 N–H and O–H groups in total. The number of nitrogens with two attached hydrogens (primary N) is 2. The molecular formula is C12H12N4O2. The summed E-state index contributed by atoms with van der Waals surface area (Å²) < 4.78 is 0. The van der Waals surface area contributed by atoms with Crippen LogP contribution in [0.2, 0.25) is 0 Å². The molecule has 0 saturated carbocycles. The molecular weight excluding hydrogens is 232 g/mol. The van der Waals surface area contributed by atoms with E-state index in [-0.39, 0.29) is 0 Å². The predicted octanol–water partition coefficient (Wildman–Crippen LogP) is 0.361. The van der Waals surface area contributed by atoms with Crippen LogP contribution in [0.15, 0.2) is 49.1 Å². The molecule has 0 unspecified atom stereocenters. The van der Waals surface area contributed by atoms with Gasteiger partial charge in [0.15, 0.2) is 0 Å². The Hall–Kier alpha value is -2.76. The molecule has 2 aromatic rings. The van der Waals surface area contributed by atoms with Crippen LogP contribution >= 0.6 is 0 Å². The molecule has 0 aromatic carbocycles. The third-order valence-electron chi connectivity index (χ3n) is 1.93. The number of rotatable bonds is 2. The molecule has 6 heteroatoms. The first-order chi connectivity index (χ1) is 8.61. The highest BCUT2D eigenvalue weighted by Gasteiger charge is 1.95. The number of hydrogen-bond donors (Lipinski definition) is 2. The summed E-state index contributed by atoms with van der Waals surface area (Å²) in [6.45, 7) is 0. The Morgan fingerprint density at radius 3 is 1.17 bits per heavy atom. The van der Waals surface area contributed by atoms with E-state index in [9.17, 15) is 9.59 Å². The van der Waals surface area contributed by atoms with Crippen molar-refractivity contribution < 1.29 is 9.59 Å². The van der Waals surface area contributed by atoms with Crippen LogP contribution in [0, 0.1) is 0 Å². The third kappa shape index (κ3) is 4.40. The number of nitrogens with zero attached hydrogens (tertiary/aromatic N) is 2. The average molecular weight is 244 g/mol. The fourth-order valence-corrected chi connectivity index (χ4v) is 1.03. The molecule has 0 spiro atoms. The van der Waals surface area contributed by atoms with Gasteiger partial charge in [-0.25, -0.2) is 0 Å². The summed E-state index contributed by atoms with van der Waals surface area (Å²) >= 11 is 0. The maximum atomic E-state index is 10.4. The number of primary amides is 2. The van der Waals surface area contributed by atoms with Gasteiger partial charge >= 0.3 is 0 Å². The monoisotopic (exact) mass is 244 g/mol. The minimum Gasteiger partial charge on any atom is -0.366 e. The van der Waals surface area contributed by atoms with E-state index in [1.807, 2.05) is 0 Å². The molecule has 0 aliphatic rings. The fourth-order valence-electron chi connectivity index (χ4n) is 1.03. The summed E-state index contributed by atoms with van der Waals surface area (Å²) in [6, 6.07) is 6.29. The Kier molecular flexibility index (Phi) is 4.98. The summed E-state index contributed by atoms with van der Waals surface area (Å²) in [5.41, 5.74) is 10.9. The summed E-state index contributed by atoms with van der Waals surface area (Å²) in [7, 11) is 0. The van der Waals surface area contributed by atoms with E-state index in [0.29, 0.717) is 11.1 Å². The van der Waals surface area contributed by atoms with Gasteiger partial charge in [-0.1, -0.05) is 0 Å². The lowest BCUT2D eigenvalue weighted by molar-refractivity contribution is 0.0991. The molecule has 18 heavy (non-hydrogen) atoms. The molecule has 92 valence electrons. The highest BCUT2D eigenvalue weighted by Crippen LogP contribution is 1.92. The van der Waals surface area contributed by atoms with E-state index in [0.717, 1.165) is 0 Å². The summed E-state index contributed by atoms with van der Waals surface area (Å²) in [4.78, 5) is 28.2. The van der Waals surface area contributed by atoms with E-state index < -0.39 is 11.8 Å². The fraction of sp³-hybridized carbons (Fsp3) is 0. The SMILES string of the molecule is NC(=O)c1ccncc1.NC(=O)c1ccncc1. The first-order valence-corrected chi connectivity index (χ1v) is 5.01. The highest BCUT2D eigenvalue weighted by molar-refractivity contribution is 5.92. The molecule has 0 atom stereocenters. The van der Waals surface area contributed by atoms with Crippen LogP contribution in [-0.2, 0) is 0 Å². The van der Waals surface area contributed by atoms with Crippen LogP contribution in [0.25, 0.3) is 0 Å². The van der Waals surface area contributed by atoms with Crippen LogP contribution in [0.4, 0.5) is 0 Å². The Bertz CT molecular complexity index is 465. The number of hydrogen-bond acceptors (Lipinski definition) is 4. The van der Waals surface area contributed by atoms with Crippen molar-refractivity contribution >= 4 is 11.8 Å². The molecule has 2 amide bonds. The van der Waals surface area contributed by atoms with Crippen molar-refractivity contribution in [2.45, 2.75) is 0 Å². The van der Waals surface area contributed by atoms with E-state index >= 15 is 0 Å². The molecule has 6 nitrogen and oxygen atoms in total. The van der Waals surface area contributed by atoms with Gasteiger partial charge in [-0.3, -0.25) is 19.6 Å². The van der Waals surface area contributed by atoms with Crippen LogP contribution in [0.1, 0.15) is 20.7 Å². The van der Waals surface area contributed by atoms with Crippen molar-refractivity contribution in [1.29, 1.82) is 0 Å². The van der Waals surface area contributed by atoms with Crippen molar-refractivity contribution in [3.63, 3.8) is 0 Å². The zero-order chi connectivity index (χ0) is 13.4. The number of amides is 2. The quantitative estimate of drug-likeness (QED) is 0.794. The molecule has 0 aliphatic heterocycles. The first kappa shape index (κ1) is 13.3. The lowest BCUT2D eigenvalue weighted by Gasteiger charge is -1.88. The minimum absolute atomic E-state index is 0.419. The number of carbonyl (C=O) groups is 2. The molecule has 0 aliphatic carbocycles. The maximum absolute atomic E-state index is 10.4. The molecule has 0 fully saturated rings. The van der Waals surface area contributed by atoms with Gasteiger partial charge in [0.1, 0.15) is 0 Å². The van der Waals surface area contributed by atoms with E-state index in [1.54, 1.807) is 24.3 Å². The van der Waals surface area contributed by atoms with Crippen LogP contribution in [0.5, 0.6) is 0 Å². The molecule has 0 bridgehead atoms. The van der Waals surface area contributed by atoms with Gasteiger partial charge in [-0.2, -0.15) is 0 Å². The van der Waals surface area contributed by atoms with E-state index in [4.69, 9.17) is 11.5 Å². The molecule has 0 radical (unpaired) electrons. The number of pyridine rings is 2. The Labute approximate surface area is 104 Å². The highest BCUT2D eigenvalue weighted by atomic mass is 16.1. The number of aromatic nitrogens is 2. The largest absolute Gasteiger partial charge is 0.366 e. The molecule has 0 saturated heterocycles. The van der Waals surface area contributed by atoms with Gasteiger partial charge in [0.2, 0.25) is 11.8 Å². The van der Waals surface area contributed by atoms with E-state index in [2.05, 4.69) is 9.97 Å². The second-order valence-electron chi connectivity index (χ2n) is 3.20. The Morgan fingerprint density at radius 2 is 1.00 bits per heavy atom. The molecule has 2 aromatic heterocycles. The summed E-state index contributed by atoms with van der Waals surface area (Å²) in [5, 5.41) is 0. The van der Waals surface area contributed by atoms with Gasteiger partial charge in [0.25, 0.3) is 0 Å². The Balaban J connectivity index is 0.000000180. The van der Waals surface area contributed by atoms with Crippen LogP contribution < -0.4 is 11.5 Å². The standard InChI is InChI=1S/2C6H6N2O/c2*7-6(9)5-1-3-8-4-2-5/h2*1-4H,(H2,7,9). The van der Waals surface area contributed by atoms with Crippen molar-refractivity contribution in [3.05, 3.63) is 60.2 Å². The van der Waals surface area contributed by atoms with Crippen molar-refractivity contribution in [2.24, 2.45) is 11.5 Å². The smallest absolute Gasteiger partial charge is 0.248 e. The third-order valence-corrected chi connectivity index (χ3v) is 1.93. The lowest BCUT2D eigenvalue weighted by Crippen LogP contribution is -2.10. The zero-order valence-electron chi connectivity index (χ0n) is 9.48. The number of carbonyl (C=O) groups excluding carboxylic acids is 2.